The van der Waals surface area contributed by atoms with Crippen LogP contribution in [0.15, 0.2) is 18.2 Å². The zero-order valence-corrected chi connectivity index (χ0v) is 10.6. The van der Waals surface area contributed by atoms with Gasteiger partial charge in [-0.15, -0.1) is 0 Å². The minimum absolute atomic E-state index is 0.0854. The van der Waals surface area contributed by atoms with E-state index in [1.165, 1.54) is 0 Å². The highest BCUT2D eigenvalue weighted by atomic mass is 16.5. The van der Waals surface area contributed by atoms with Crippen LogP contribution in [0.1, 0.15) is 17.3 Å². The van der Waals surface area contributed by atoms with Crippen LogP contribution in [0.4, 0.5) is 11.4 Å². The Morgan fingerprint density at radius 3 is 2.78 bits per heavy atom. The number of amides is 1. The number of benzene rings is 1. The maximum Gasteiger partial charge on any atom is 0.251 e. The van der Waals surface area contributed by atoms with E-state index >= 15 is 0 Å². The number of anilines is 2. The summed E-state index contributed by atoms with van der Waals surface area (Å²) in [7, 11) is 0. The van der Waals surface area contributed by atoms with Gasteiger partial charge in [-0.1, -0.05) is 0 Å². The largest absolute Gasteiger partial charge is 0.397 e. The Bertz CT molecular complexity index is 428. The van der Waals surface area contributed by atoms with Gasteiger partial charge in [0.15, 0.2) is 0 Å². The van der Waals surface area contributed by atoms with Crippen LogP contribution in [0.5, 0.6) is 0 Å². The molecule has 0 atom stereocenters. The molecular weight excluding hydrogens is 230 g/mol. The summed E-state index contributed by atoms with van der Waals surface area (Å²) in [6.07, 6.45) is 0. The summed E-state index contributed by atoms with van der Waals surface area (Å²) in [4.78, 5) is 13.9. The van der Waals surface area contributed by atoms with E-state index in [1.807, 2.05) is 19.1 Å². The number of rotatable bonds is 3. The van der Waals surface area contributed by atoms with E-state index in [1.54, 1.807) is 6.07 Å². The number of nitrogens with two attached hydrogens (primary N) is 1. The number of morpholine rings is 1. The monoisotopic (exact) mass is 249 g/mol. The lowest BCUT2D eigenvalue weighted by Crippen LogP contribution is -2.36. The zero-order valence-electron chi connectivity index (χ0n) is 10.6. The average molecular weight is 249 g/mol. The van der Waals surface area contributed by atoms with Crippen LogP contribution in [0, 0.1) is 0 Å². The van der Waals surface area contributed by atoms with Gasteiger partial charge in [-0.3, -0.25) is 4.79 Å². The SMILES string of the molecule is CCNC(=O)c1ccc(N2CCOCC2)c(N)c1. The Labute approximate surface area is 107 Å². The molecule has 0 bridgehead atoms. The van der Waals surface area contributed by atoms with Gasteiger partial charge in [0.1, 0.15) is 0 Å². The van der Waals surface area contributed by atoms with Crippen molar-refractivity contribution in [3.8, 4) is 0 Å². The van der Waals surface area contributed by atoms with E-state index in [9.17, 15) is 4.79 Å². The minimum Gasteiger partial charge on any atom is -0.397 e. The second-order valence-corrected chi connectivity index (χ2v) is 4.23. The molecule has 0 aromatic heterocycles. The number of carbonyl (C=O) groups excluding carboxylic acids is 1. The van der Waals surface area contributed by atoms with Crippen molar-refractivity contribution in [1.82, 2.24) is 5.32 Å². The average Bonchev–Trinajstić information content (AvgIpc) is 2.40. The summed E-state index contributed by atoms with van der Waals surface area (Å²) in [5.74, 6) is -0.0854. The van der Waals surface area contributed by atoms with Crippen molar-refractivity contribution in [3.63, 3.8) is 0 Å². The molecule has 0 radical (unpaired) electrons. The molecule has 0 unspecified atom stereocenters. The molecule has 1 heterocycles. The molecule has 3 N–H and O–H groups in total. The first kappa shape index (κ1) is 12.7. The van der Waals surface area contributed by atoms with Crippen LogP contribution < -0.4 is 16.0 Å². The van der Waals surface area contributed by atoms with Crippen molar-refractivity contribution < 1.29 is 9.53 Å². The fourth-order valence-electron chi connectivity index (χ4n) is 2.05. The predicted octanol–water partition coefficient (Wildman–Crippen LogP) is 0.855. The van der Waals surface area contributed by atoms with Gasteiger partial charge < -0.3 is 20.7 Å². The van der Waals surface area contributed by atoms with E-state index in [0.717, 1.165) is 32.0 Å². The van der Waals surface area contributed by atoms with Gasteiger partial charge in [0, 0.05) is 25.2 Å². The van der Waals surface area contributed by atoms with Crippen molar-refractivity contribution in [2.45, 2.75) is 6.92 Å². The number of hydrogen-bond acceptors (Lipinski definition) is 4. The Kier molecular flexibility index (Phi) is 4.04. The normalized spacial score (nSPS) is 15.5. The number of hydrogen-bond donors (Lipinski definition) is 2. The van der Waals surface area contributed by atoms with Gasteiger partial charge in [-0.2, -0.15) is 0 Å². The highest BCUT2D eigenvalue weighted by molar-refractivity contribution is 5.96. The molecule has 5 heteroatoms. The molecule has 1 saturated heterocycles. The first-order valence-corrected chi connectivity index (χ1v) is 6.22. The first-order valence-electron chi connectivity index (χ1n) is 6.22. The summed E-state index contributed by atoms with van der Waals surface area (Å²) in [5.41, 5.74) is 8.24. The summed E-state index contributed by atoms with van der Waals surface area (Å²) in [6.45, 7) is 5.62. The molecule has 0 spiro atoms. The van der Waals surface area contributed by atoms with Crippen molar-refractivity contribution in [1.29, 1.82) is 0 Å². The van der Waals surface area contributed by atoms with Gasteiger partial charge in [-0.05, 0) is 25.1 Å². The number of nitrogens with zero attached hydrogens (tertiary/aromatic N) is 1. The van der Waals surface area contributed by atoms with E-state index in [0.29, 0.717) is 17.8 Å². The lowest BCUT2D eigenvalue weighted by atomic mass is 10.1. The quantitative estimate of drug-likeness (QED) is 0.779. The summed E-state index contributed by atoms with van der Waals surface area (Å²) < 4.78 is 5.31. The lowest BCUT2D eigenvalue weighted by molar-refractivity contribution is 0.0956. The Morgan fingerprint density at radius 1 is 1.44 bits per heavy atom. The Hall–Kier alpha value is -1.75. The van der Waals surface area contributed by atoms with Gasteiger partial charge in [-0.25, -0.2) is 0 Å². The van der Waals surface area contributed by atoms with Crippen LogP contribution in [0.25, 0.3) is 0 Å². The maximum absolute atomic E-state index is 11.7. The van der Waals surface area contributed by atoms with Crippen LogP contribution in [0.2, 0.25) is 0 Å². The molecule has 1 aromatic rings. The molecule has 0 saturated carbocycles. The minimum atomic E-state index is -0.0854. The highest BCUT2D eigenvalue weighted by Crippen LogP contribution is 2.25. The summed E-state index contributed by atoms with van der Waals surface area (Å²) in [5, 5.41) is 2.76. The fraction of sp³-hybridized carbons (Fsp3) is 0.462. The smallest absolute Gasteiger partial charge is 0.251 e. The third kappa shape index (κ3) is 2.73. The van der Waals surface area contributed by atoms with Crippen LogP contribution >= 0.6 is 0 Å². The first-order chi connectivity index (χ1) is 8.72. The standard InChI is InChI=1S/C13H19N3O2/c1-2-15-13(17)10-3-4-12(11(14)9-10)16-5-7-18-8-6-16/h3-4,9H,2,5-8,14H2,1H3,(H,15,17). The topological polar surface area (TPSA) is 67.6 Å². The second-order valence-electron chi connectivity index (χ2n) is 4.23. The molecule has 1 aliphatic rings. The fourth-order valence-corrected chi connectivity index (χ4v) is 2.05. The molecule has 2 rings (SSSR count). The van der Waals surface area contributed by atoms with Gasteiger partial charge >= 0.3 is 0 Å². The zero-order chi connectivity index (χ0) is 13.0. The van der Waals surface area contributed by atoms with Crippen LogP contribution in [-0.2, 0) is 4.74 Å². The molecule has 18 heavy (non-hydrogen) atoms. The van der Waals surface area contributed by atoms with E-state index < -0.39 is 0 Å². The van der Waals surface area contributed by atoms with E-state index in [-0.39, 0.29) is 5.91 Å². The molecule has 98 valence electrons. The third-order valence-corrected chi connectivity index (χ3v) is 2.98. The van der Waals surface area contributed by atoms with Crippen molar-refractivity contribution in [3.05, 3.63) is 23.8 Å². The molecule has 1 aromatic carbocycles. The number of nitrogen functional groups attached to an aromatic ring is 1. The summed E-state index contributed by atoms with van der Waals surface area (Å²) >= 11 is 0. The molecule has 1 amide bonds. The Morgan fingerprint density at radius 2 is 2.17 bits per heavy atom. The predicted molar refractivity (Wildman–Crippen MR) is 71.9 cm³/mol. The van der Waals surface area contributed by atoms with Gasteiger partial charge in [0.25, 0.3) is 5.91 Å². The van der Waals surface area contributed by atoms with Crippen molar-refractivity contribution in [2.24, 2.45) is 0 Å². The third-order valence-electron chi connectivity index (χ3n) is 2.98. The summed E-state index contributed by atoms with van der Waals surface area (Å²) in [6, 6.07) is 5.45. The van der Waals surface area contributed by atoms with Crippen LogP contribution in [0.3, 0.4) is 0 Å². The highest BCUT2D eigenvalue weighted by Gasteiger charge is 2.15. The molecule has 1 fully saturated rings. The molecule has 5 nitrogen and oxygen atoms in total. The number of nitrogens with one attached hydrogen (secondary N) is 1. The number of ether oxygens (including phenoxy) is 1. The van der Waals surface area contributed by atoms with E-state index in [4.69, 9.17) is 10.5 Å². The molecule has 0 aliphatic carbocycles. The maximum atomic E-state index is 11.7. The van der Waals surface area contributed by atoms with E-state index in [2.05, 4.69) is 10.2 Å². The van der Waals surface area contributed by atoms with Gasteiger partial charge in [0.05, 0.1) is 24.6 Å². The number of carbonyl (C=O) groups is 1. The second kappa shape index (κ2) is 5.73. The molecular formula is C13H19N3O2. The van der Waals surface area contributed by atoms with Crippen molar-refractivity contribution >= 4 is 17.3 Å². The Balaban J connectivity index is 2.16. The van der Waals surface area contributed by atoms with Crippen molar-refractivity contribution in [2.75, 3.05) is 43.5 Å². The van der Waals surface area contributed by atoms with Gasteiger partial charge in [0.2, 0.25) is 0 Å². The van der Waals surface area contributed by atoms with Crippen LogP contribution in [-0.4, -0.2) is 38.8 Å². The lowest BCUT2D eigenvalue weighted by Gasteiger charge is -2.30. The molecule has 1 aliphatic heterocycles.